The van der Waals surface area contributed by atoms with Crippen LogP contribution in [0.2, 0.25) is 0 Å². The van der Waals surface area contributed by atoms with Gasteiger partial charge in [-0.1, -0.05) is 13.8 Å². The van der Waals surface area contributed by atoms with Gasteiger partial charge in [-0.05, 0) is 56.4 Å². The first-order valence-electron chi connectivity index (χ1n) is 7.40. The lowest BCUT2D eigenvalue weighted by Gasteiger charge is -2.34. The van der Waals surface area contributed by atoms with Crippen LogP contribution in [0.3, 0.4) is 0 Å². The van der Waals surface area contributed by atoms with Crippen LogP contribution in [0.4, 0.5) is 0 Å². The van der Waals surface area contributed by atoms with E-state index in [0.717, 1.165) is 31.2 Å². The lowest BCUT2D eigenvalue weighted by Crippen LogP contribution is -2.40. The number of nitrogens with one attached hydrogen (secondary N) is 1. The molecule has 18 heavy (non-hydrogen) atoms. The lowest BCUT2D eigenvalue weighted by molar-refractivity contribution is 0.219. The van der Waals surface area contributed by atoms with Crippen molar-refractivity contribution in [3.8, 4) is 0 Å². The predicted molar refractivity (Wildman–Crippen MR) is 75.3 cm³/mol. The van der Waals surface area contributed by atoms with Crippen molar-refractivity contribution in [3.63, 3.8) is 0 Å². The van der Waals surface area contributed by atoms with E-state index in [-0.39, 0.29) is 0 Å². The highest BCUT2D eigenvalue weighted by Gasteiger charge is 2.27. The van der Waals surface area contributed by atoms with Crippen LogP contribution >= 0.6 is 0 Å². The van der Waals surface area contributed by atoms with Crippen LogP contribution in [0, 0.1) is 17.8 Å². The van der Waals surface area contributed by atoms with Gasteiger partial charge in [0.25, 0.3) is 0 Å². The van der Waals surface area contributed by atoms with Gasteiger partial charge in [0.1, 0.15) is 9.84 Å². The van der Waals surface area contributed by atoms with Crippen LogP contribution in [-0.2, 0) is 9.84 Å². The molecule has 1 aliphatic carbocycles. The zero-order valence-corrected chi connectivity index (χ0v) is 12.5. The zero-order chi connectivity index (χ0) is 13.2. The molecule has 0 bridgehead atoms. The van der Waals surface area contributed by atoms with E-state index in [2.05, 4.69) is 19.2 Å². The SMILES string of the molecule is C[C@@H]1CC[C@@H](NCC2CCS(=O)(=O)CC2)C[C@H]1C. The molecule has 1 N–H and O–H groups in total. The molecular formula is C14H27NO2S. The Balaban J connectivity index is 1.69. The van der Waals surface area contributed by atoms with Gasteiger partial charge >= 0.3 is 0 Å². The number of hydrogen-bond acceptors (Lipinski definition) is 3. The topological polar surface area (TPSA) is 46.2 Å². The van der Waals surface area contributed by atoms with E-state index in [0.29, 0.717) is 23.5 Å². The smallest absolute Gasteiger partial charge is 0.150 e. The molecule has 2 rings (SSSR count). The molecule has 0 aromatic rings. The maximum absolute atomic E-state index is 11.4. The Morgan fingerprint density at radius 1 is 1.00 bits per heavy atom. The predicted octanol–water partition coefficient (Wildman–Crippen LogP) is 2.23. The molecule has 0 amide bonds. The second-order valence-corrected chi connectivity index (χ2v) is 8.77. The Bertz CT molecular complexity index is 352. The van der Waals surface area contributed by atoms with E-state index in [4.69, 9.17) is 0 Å². The van der Waals surface area contributed by atoms with Gasteiger partial charge in [0.15, 0.2) is 0 Å². The first-order valence-corrected chi connectivity index (χ1v) is 9.22. The summed E-state index contributed by atoms with van der Waals surface area (Å²) in [6, 6.07) is 0.662. The summed E-state index contributed by atoms with van der Waals surface area (Å²) in [7, 11) is -2.70. The molecule has 2 aliphatic rings. The number of hydrogen-bond donors (Lipinski definition) is 1. The molecular weight excluding hydrogens is 246 g/mol. The first kappa shape index (κ1) is 14.3. The minimum Gasteiger partial charge on any atom is -0.314 e. The second kappa shape index (κ2) is 5.91. The third-order valence-electron chi connectivity index (χ3n) is 4.97. The third-order valence-corrected chi connectivity index (χ3v) is 6.68. The van der Waals surface area contributed by atoms with Crippen LogP contribution in [0.5, 0.6) is 0 Å². The van der Waals surface area contributed by atoms with Crippen molar-refractivity contribution in [2.24, 2.45) is 17.8 Å². The summed E-state index contributed by atoms with van der Waals surface area (Å²) in [6.45, 7) is 5.72. The van der Waals surface area contributed by atoms with E-state index < -0.39 is 9.84 Å². The van der Waals surface area contributed by atoms with Gasteiger partial charge in [-0.3, -0.25) is 0 Å². The number of sulfone groups is 1. The molecule has 0 spiro atoms. The summed E-state index contributed by atoms with van der Waals surface area (Å²) in [5.74, 6) is 3.06. The molecule has 0 aromatic heterocycles. The maximum Gasteiger partial charge on any atom is 0.150 e. The van der Waals surface area contributed by atoms with Crippen molar-refractivity contribution in [3.05, 3.63) is 0 Å². The normalized spacial score (nSPS) is 37.6. The molecule has 1 heterocycles. The minimum atomic E-state index is -2.70. The summed E-state index contributed by atoms with van der Waals surface area (Å²) < 4.78 is 22.7. The van der Waals surface area contributed by atoms with Crippen molar-refractivity contribution in [2.75, 3.05) is 18.1 Å². The fourth-order valence-corrected chi connectivity index (χ4v) is 4.80. The molecule has 0 unspecified atom stereocenters. The summed E-state index contributed by atoms with van der Waals surface area (Å²) in [4.78, 5) is 0. The molecule has 1 saturated heterocycles. The molecule has 0 radical (unpaired) electrons. The Morgan fingerprint density at radius 2 is 1.67 bits per heavy atom. The average Bonchev–Trinajstić information content (AvgIpc) is 2.32. The molecule has 3 atom stereocenters. The average molecular weight is 273 g/mol. The van der Waals surface area contributed by atoms with E-state index in [9.17, 15) is 8.42 Å². The molecule has 0 aromatic carbocycles. The summed E-state index contributed by atoms with van der Waals surface area (Å²) in [5, 5.41) is 3.67. The van der Waals surface area contributed by atoms with Crippen LogP contribution in [0.15, 0.2) is 0 Å². The minimum absolute atomic E-state index is 0.400. The second-order valence-electron chi connectivity index (χ2n) is 6.47. The standard InChI is InChI=1S/C14H27NO2S/c1-11-3-4-14(9-12(11)2)15-10-13-5-7-18(16,17)8-6-13/h11-15H,3-10H2,1-2H3/t11-,12-,14-/m1/s1. The largest absolute Gasteiger partial charge is 0.314 e. The van der Waals surface area contributed by atoms with Gasteiger partial charge in [0, 0.05) is 6.04 Å². The molecule has 3 nitrogen and oxygen atoms in total. The van der Waals surface area contributed by atoms with Gasteiger partial charge < -0.3 is 5.32 Å². The summed E-state index contributed by atoms with van der Waals surface area (Å²) >= 11 is 0. The Kier molecular flexibility index (Phi) is 4.70. The van der Waals surface area contributed by atoms with Crippen LogP contribution < -0.4 is 5.32 Å². The van der Waals surface area contributed by atoms with Crippen molar-refractivity contribution >= 4 is 9.84 Å². The highest BCUT2D eigenvalue weighted by Crippen LogP contribution is 2.29. The summed E-state index contributed by atoms with van der Waals surface area (Å²) in [5.41, 5.74) is 0. The molecule has 1 saturated carbocycles. The highest BCUT2D eigenvalue weighted by atomic mass is 32.2. The van der Waals surface area contributed by atoms with Crippen LogP contribution in [-0.4, -0.2) is 32.5 Å². The molecule has 106 valence electrons. The van der Waals surface area contributed by atoms with Crippen LogP contribution in [0.25, 0.3) is 0 Å². The van der Waals surface area contributed by atoms with Gasteiger partial charge in [-0.25, -0.2) is 8.42 Å². The van der Waals surface area contributed by atoms with Gasteiger partial charge in [-0.2, -0.15) is 0 Å². The summed E-state index contributed by atoms with van der Waals surface area (Å²) in [6.07, 6.45) is 5.61. The lowest BCUT2D eigenvalue weighted by atomic mass is 9.79. The quantitative estimate of drug-likeness (QED) is 0.857. The van der Waals surface area contributed by atoms with E-state index in [1.165, 1.54) is 19.3 Å². The number of rotatable bonds is 3. The van der Waals surface area contributed by atoms with E-state index in [1.54, 1.807) is 0 Å². The van der Waals surface area contributed by atoms with Gasteiger partial charge in [-0.15, -0.1) is 0 Å². The zero-order valence-electron chi connectivity index (χ0n) is 11.7. The van der Waals surface area contributed by atoms with Crippen molar-refractivity contribution in [1.29, 1.82) is 0 Å². The fraction of sp³-hybridized carbons (Fsp3) is 1.00. The highest BCUT2D eigenvalue weighted by molar-refractivity contribution is 7.91. The third kappa shape index (κ3) is 3.95. The monoisotopic (exact) mass is 273 g/mol. The van der Waals surface area contributed by atoms with Gasteiger partial charge in [0.05, 0.1) is 11.5 Å². The Hall–Kier alpha value is -0.0900. The van der Waals surface area contributed by atoms with Gasteiger partial charge in [0.2, 0.25) is 0 Å². The fourth-order valence-electron chi connectivity index (χ4n) is 3.21. The maximum atomic E-state index is 11.4. The molecule has 2 fully saturated rings. The van der Waals surface area contributed by atoms with Crippen molar-refractivity contribution < 1.29 is 8.42 Å². The molecule has 4 heteroatoms. The first-order chi connectivity index (χ1) is 8.46. The van der Waals surface area contributed by atoms with E-state index in [1.807, 2.05) is 0 Å². The van der Waals surface area contributed by atoms with Crippen molar-refractivity contribution in [2.45, 2.75) is 52.0 Å². The molecule has 1 aliphatic heterocycles. The van der Waals surface area contributed by atoms with Crippen LogP contribution in [0.1, 0.15) is 46.0 Å². The van der Waals surface area contributed by atoms with Crippen molar-refractivity contribution in [1.82, 2.24) is 5.32 Å². The Morgan fingerprint density at radius 3 is 2.28 bits per heavy atom. The Labute approximate surface area is 112 Å². The van der Waals surface area contributed by atoms with E-state index >= 15 is 0 Å².